The Balaban J connectivity index is 1.51. The van der Waals surface area contributed by atoms with E-state index in [0.29, 0.717) is 6.42 Å². The van der Waals surface area contributed by atoms with Gasteiger partial charge < -0.3 is 5.11 Å². The zero-order valence-electron chi connectivity index (χ0n) is 14.2. The number of fused-ring (bicyclic) bond motifs is 1. The average Bonchev–Trinajstić information content (AvgIpc) is 2.89. The van der Waals surface area contributed by atoms with Crippen molar-refractivity contribution in [3.8, 4) is 0 Å². The normalized spacial score (nSPS) is 11.2. The van der Waals surface area contributed by atoms with E-state index in [0.717, 1.165) is 37.6 Å². The van der Waals surface area contributed by atoms with Crippen LogP contribution in [0.2, 0.25) is 0 Å². The molecule has 2 aromatic rings. The van der Waals surface area contributed by atoms with Crippen LogP contribution in [0.3, 0.4) is 0 Å². The van der Waals surface area contributed by atoms with Gasteiger partial charge in [0.2, 0.25) is 0 Å². The second kappa shape index (κ2) is 10.5. The summed E-state index contributed by atoms with van der Waals surface area (Å²) in [5.41, 5.74) is 0.215. The van der Waals surface area contributed by atoms with Gasteiger partial charge in [-0.2, -0.15) is 0 Å². The molecule has 0 aliphatic carbocycles. The Morgan fingerprint density at radius 2 is 1.50 bits per heavy atom. The van der Waals surface area contributed by atoms with Crippen LogP contribution in [0.25, 0.3) is 9.65 Å². The van der Waals surface area contributed by atoms with Gasteiger partial charge in [-0.05, 0) is 0 Å². The van der Waals surface area contributed by atoms with Gasteiger partial charge >= 0.3 is 139 Å². The zero-order valence-corrected chi connectivity index (χ0v) is 15.9. The molecule has 0 amide bonds. The Hall–Kier alpha value is -1.32. The summed E-state index contributed by atoms with van der Waals surface area (Å²) >= 11 is 0.170. The molecule has 0 radical (unpaired) electrons. The first-order chi connectivity index (χ1) is 11.7. The molecule has 132 valence electrons. The van der Waals surface area contributed by atoms with Crippen molar-refractivity contribution in [1.82, 2.24) is 3.56 Å². The third-order valence-corrected chi connectivity index (χ3v) is 6.66. The molecule has 1 aromatic carbocycles. The molecule has 0 unspecified atom stereocenters. The van der Waals surface area contributed by atoms with Gasteiger partial charge in [-0.3, -0.25) is 4.79 Å². The van der Waals surface area contributed by atoms with Crippen LogP contribution < -0.4 is 5.56 Å². The van der Waals surface area contributed by atoms with E-state index in [9.17, 15) is 9.59 Å². The second-order valence-electron chi connectivity index (χ2n) is 6.32. The molecular weight excluding hydrogens is 369 g/mol. The number of hydrogen-bond acceptors (Lipinski definition) is 2. The molecule has 0 atom stereocenters. The molecule has 0 saturated carbocycles. The van der Waals surface area contributed by atoms with Gasteiger partial charge in [-0.1, -0.05) is 0 Å². The summed E-state index contributed by atoms with van der Waals surface area (Å²) in [5.74, 6) is -0.684. The van der Waals surface area contributed by atoms with Gasteiger partial charge in [0.05, 0.1) is 0 Å². The maximum absolute atomic E-state index is 12.2. The predicted molar refractivity (Wildman–Crippen MR) is 99.0 cm³/mol. The monoisotopic (exact) mass is 397 g/mol. The number of unbranched alkanes of at least 4 members (excludes halogenated alkanes) is 8. The van der Waals surface area contributed by atoms with Crippen molar-refractivity contribution in [2.75, 3.05) is 0 Å². The standard InChI is InChI=1S/C19H27NO3Se/c21-18(22)14-8-6-4-2-1-3-5-7-11-15-20-19(23)16-12-9-10-13-17(16)24-20/h9-10,12-13H,1-8,11,14-15H2,(H,21,22). The van der Waals surface area contributed by atoms with Gasteiger partial charge in [-0.25, -0.2) is 0 Å². The zero-order chi connectivity index (χ0) is 17.2. The van der Waals surface area contributed by atoms with Crippen LogP contribution in [-0.2, 0) is 11.3 Å². The number of rotatable bonds is 12. The first-order valence-electron chi connectivity index (χ1n) is 8.99. The van der Waals surface area contributed by atoms with Crippen molar-refractivity contribution in [3.05, 3.63) is 34.6 Å². The van der Waals surface area contributed by atoms with Crippen molar-refractivity contribution < 1.29 is 9.90 Å². The first kappa shape index (κ1) is 19.0. The van der Waals surface area contributed by atoms with E-state index >= 15 is 0 Å². The van der Waals surface area contributed by atoms with E-state index in [1.807, 2.05) is 21.8 Å². The Kier molecular flexibility index (Phi) is 8.34. The molecule has 0 saturated heterocycles. The van der Waals surface area contributed by atoms with Gasteiger partial charge in [0, 0.05) is 0 Å². The van der Waals surface area contributed by atoms with Crippen molar-refractivity contribution in [1.29, 1.82) is 0 Å². The Morgan fingerprint density at radius 1 is 0.917 bits per heavy atom. The molecule has 0 aliphatic heterocycles. The Bertz CT molecular complexity index is 689. The molecule has 4 nitrogen and oxygen atoms in total. The molecule has 5 heteroatoms. The van der Waals surface area contributed by atoms with Crippen LogP contribution in [-0.4, -0.2) is 29.4 Å². The summed E-state index contributed by atoms with van der Waals surface area (Å²) in [6.45, 7) is 0.892. The minimum absolute atomic E-state index is 0.170. The van der Waals surface area contributed by atoms with Gasteiger partial charge in [0.15, 0.2) is 0 Å². The SMILES string of the molecule is O=C(O)CCCCCCCCCCCn1[se]c2ccccc2c1=O. The van der Waals surface area contributed by atoms with Crippen LogP contribution >= 0.6 is 0 Å². The van der Waals surface area contributed by atoms with Gasteiger partial charge in [0.1, 0.15) is 0 Å². The molecule has 24 heavy (non-hydrogen) atoms. The number of hydrogen-bond donors (Lipinski definition) is 1. The summed E-state index contributed by atoms with van der Waals surface area (Å²) in [5, 5.41) is 9.46. The predicted octanol–water partition coefficient (Wildman–Crippen LogP) is 4.04. The first-order valence-corrected chi connectivity index (χ1v) is 10.6. The number of carboxylic acids is 1. The Labute approximate surface area is 149 Å². The number of aromatic nitrogens is 1. The molecular formula is C19H27NO3Se. The summed E-state index contributed by atoms with van der Waals surface area (Å²) in [6.07, 6.45) is 10.5. The summed E-state index contributed by atoms with van der Waals surface area (Å²) < 4.78 is 3.25. The molecule has 1 N–H and O–H groups in total. The van der Waals surface area contributed by atoms with Crippen molar-refractivity contribution >= 4 is 30.3 Å². The topological polar surface area (TPSA) is 59.3 Å². The second-order valence-corrected chi connectivity index (χ2v) is 8.55. The fourth-order valence-corrected chi connectivity index (χ4v) is 5.10. The van der Waals surface area contributed by atoms with E-state index in [1.165, 1.54) is 36.4 Å². The molecule has 1 aromatic heterocycles. The fraction of sp³-hybridized carbons (Fsp3) is 0.579. The molecule has 0 aliphatic rings. The maximum atomic E-state index is 12.2. The average molecular weight is 396 g/mol. The molecule has 1 heterocycles. The van der Waals surface area contributed by atoms with Gasteiger partial charge in [-0.15, -0.1) is 0 Å². The number of carbonyl (C=O) groups is 1. The van der Waals surface area contributed by atoms with E-state index in [4.69, 9.17) is 5.11 Å². The van der Waals surface area contributed by atoms with Crippen molar-refractivity contribution in [2.45, 2.75) is 70.8 Å². The van der Waals surface area contributed by atoms with Crippen LogP contribution in [0.15, 0.2) is 29.1 Å². The third-order valence-electron chi connectivity index (χ3n) is 4.30. The van der Waals surface area contributed by atoms with Crippen molar-refractivity contribution in [3.63, 3.8) is 0 Å². The van der Waals surface area contributed by atoms with Crippen LogP contribution in [0, 0.1) is 0 Å². The van der Waals surface area contributed by atoms with Gasteiger partial charge in [0.25, 0.3) is 0 Å². The van der Waals surface area contributed by atoms with Crippen molar-refractivity contribution in [2.24, 2.45) is 0 Å². The van der Waals surface area contributed by atoms with E-state index in [-0.39, 0.29) is 20.3 Å². The quantitative estimate of drug-likeness (QED) is 0.435. The van der Waals surface area contributed by atoms with E-state index < -0.39 is 5.97 Å². The number of benzene rings is 1. The number of aliphatic carboxylic acids is 1. The summed E-state index contributed by atoms with van der Waals surface area (Å²) in [4.78, 5) is 22.6. The summed E-state index contributed by atoms with van der Waals surface area (Å²) in [6, 6.07) is 7.97. The molecule has 2 rings (SSSR count). The number of carboxylic acid groups (broad SMARTS) is 1. The molecule has 0 fully saturated rings. The minimum atomic E-state index is -0.684. The Morgan fingerprint density at radius 3 is 2.12 bits per heavy atom. The summed E-state index contributed by atoms with van der Waals surface area (Å²) in [7, 11) is 0. The van der Waals surface area contributed by atoms with E-state index in [2.05, 4.69) is 6.07 Å². The van der Waals surface area contributed by atoms with Crippen LogP contribution in [0.1, 0.15) is 64.2 Å². The number of aryl methyl sites for hydroxylation is 1. The fourth-order valence-electron chi connectivity index (χ4n) is 2.93. The molecule has 0 bridgehead atoms. The van der Waals surface area contributed by atoms with Crippen LogP contribution in [0.5, 0.6) is 0 Å². The van der Waals surface area contributed by atoms with E-state index in [1.54, 1.807) is 0 Å². The third kappa shape index (κ3) is 6.29. The number of nitrogens with zero attached hydrogens (tertiary/aromatic N) is 1. The molecule has 0 spiro atoms. The van der Waals surface area contributed by atoms with Crippen LogP contribution in [0.4, 0.5) is 0 Å².